The largest absolute Gasteiger partial charge is 0.398 e. The lowest BCUT2D eigenvalue weighted by Crippen LogP contribution is -2.29. The molecule has 3 nitrogen and oxygen atoms in total. The van der Waals surface area contributed by atoms with Gasteiger partial charge >= 0.3 is 0 Å². The van der Waals surface area contributed by atoms with Crippen LogP contribution in [0.1, 0.15) is 36.3 Å². The average molecular weight is 337 g/mol. The van der Waals surface area contributed by atoms with Gasteiger partial charge in [0, 0.05) is 11.7 Å². The van der Waals surface area contributed by atoms with Gasteiger partial charge in [-0.2, -0.15) is 0 Å². The molecule has 0 aliphatic heterocycles. The maximum Gasteiger partial charge on any atom is 0.123 e. The molecule has 2 aromatic carbocycles. The molecule has 4 heteroatoms. The van der Waals surface area contributed by atoms with E-state index in [-0.39, 0.29) is 5.82 Å². The van der Waals surface area contributed by atoms with Crippen molar-refractivity contribution in [2.45, 2.75) is 31.2 Å². The minimum Gasteiger partial charge on any atom is -0.398 e. The first-order chi connectivity index (χ1) is 12.1. The Bertz CT molecular complexity index is 768. The van der Waals surface area contributed by atoms with E-state index < -0.39 is 0 Å². The number of hydrogen-bond donors (Lipinski definition) is 3. The summed E-state index contributed by atoms with van der Waals surface area (Å²) in [7, 11) is 0. The minimum atomic E-state index is -0.171. The van der Waals surface area contributed by atoms with E-state index in [9.17, 15) is 4.39 Å². The van der Waals surface area contributed by atoms with Gasteiger partial charge in [0.2, 0.25) is 0 Å². The number of nitrogens with two attached hydrogens (primary N) is 2. The van der Waals surface area contributed by atoms with E-state index in [4.69, 9.17) is 11.5 Å². The maximum absolute atomic E-state index is 13.4. The Balaban J connectivity index is 1.57. The van der Waals surface area contributed by atoms with Crippen molar-refractivity contribution in [3.8, 4) is 0 Å². The molecule has 0 aromatic heterocycles. The molecule has 1 aliphatic rings. The molecule has 0 spiro atoms. The van der Waals surface area contributed by atoms with Gasteiger partial charge < -0.3 is 16.8 Å². The van der Waals surface area contributed by atoms with Crippen LogP contribution in [0.2, 0.25) is 0 Å². The molecule has 0 radical (unpaired) electrons. The third-order valence-electron chi connectivity index (χ3n) is 4.67. The summed E-state index contributed by atoms with van der Waals surface area (Å²) < 4.78 is 13.4. The van der Waals surface area contributed by atoms with Crippen LogP contribution in [0, 0.1) is 5.82 Å². The van der Waals surface area contributed by atoms with Crippen LogP contribution in [-0.4, -0.2) is 6.04 Å². The van der Waals surface area contributed by atoms with E-state index in [1.54, 1.807) is 18.2 Å². The standard InChI is InChI=1S/C21H24FN3/c22-18-8-4-7-16(13-18)17-9-10-19(14-17)25-21(24)12-11-20(23)15-5-2-1-3-6-15/h1-8,11-13,17,19,25H,9-10,14,23-24H2/b20-11-,21-12+. The van der Waals surface area contributed by atoms with E-state index in [1.165, 1.54) is 6.07 Å². The number of nitrogens with one attached hydrogen (secondary N) is 1. The van der Waals surface area contributed by atoms with Crippen LogP contribution in [0.15, 0.2) is 72.6 Å². The van der Waals surface area contributed by atoms with Crippen molar-refractivity contribution >= 4 is 5.70 Å². The monoisotopic (exact) mass is 337 g/mol. The predicted molar refractivity (Wildman–Crippen MR) is 101 cm³/mol. The van der Waals surface area contributed by atoms with Gasteiger partial charge in [-0.15, -0.1) is 0 Å². The van der Waals surface area contributed by atoms with Crippen LogP contribution in [0.4, 0.5) is 4.39 Å². The van der Waals surface area contributed by atoms with E-state index in [2.05, 4.69) is 5.32 Å². The summed E-state index contributed by atoms with van der Waals surface area (Å²) in [6.45, 7) is 0. The van der Waals surface area contributed by atoms with Crippen molar-refractivity contribution in [3.63, 3.8) is 0 Å². The van der Waals surface area contributed by atoms with Crippen molar-refractivity contribution in [1.29, 1.82) is 0 Å². The second-order valence-corrected chi connectivity index (χ2v) is 6.52. The zero-order valence-corrected chi connectivity index (χ0v) is 14.2. The summed E-state index contributed by atoms with van der Waals surface area (Å²) in [5.41, 5.74) is 14.9. The summed E-state index contributed by atoms with van der Waals surface area (Å²) in [6.07, 6.45) is 6.63. The van der Waals surface area contributed by atoms with Gasteiger partial charge in [-0.1, -0.05) is 42.5 Å². The summed E-state index contributed by atoms with van der Waals surface area (Å²) in [6, 6.07) is 17.0. The highest BCUT2D eigenvalue weighted by molar-refractivity contribution is 5.63. The second-order valence-electron chi connectivity index (χ2n) is 6.52. The van der Waals surface area contributed by atoms with Crippen LogP contribution in [-0.2, 0) is 0 Å². The number of halogens is 1. The Labute approximate surface area is 148 Å². The molecule has 0 saturated heterocycles. The molecule has 3 rings (SSSR count). The number of allylic oxidation sites excluding steroid dienone is 2. The Hall–Kier alpha value is -2.75. The summed E-state index contributed by atoms with van der Waals surface area (Å²) in [5, 5.41) is 3.34. The highest BCUT2D eigenvalue weighted by Gasteiger charge is 2.26. The van der Waals surface area contributed by atoms with Crippen molar-refractivity contribution in [2.75, 3.05) is 0 Å². The van der Waals surface area contributed by atoms with E-state index in [0.29, 0.717) is 23.5 Å². The van der Waals surface area contributed by atoms with Crippen LogP contribution in [0.3, 0.4) is 0 Å². The molecule has 2 unspecified atom stereocenters. The zero-order chi connectivity index (χ0) is 17.6. The Morgan fingerprint density at radius 1 is 1.00 bits per heavy atom. The van der Waals surface area contributed by atoms with Crippen LogP contribution in [0.25, 0.3) is 5.70 Å². The Morgan fingerprint density at radius 3 is 2.56 bits per heavy atom. The fourth-order valence-corrected chi connectivity index (χ4v) is 3.37. The van der Waals surface area contributed by atoms with Crippen LogP contribution < -0.4 is 16.8 Å². The number of benzene rings is 2. The van der Waals surface area contributed by atoms with Crippen molar-refractivity contribution < 1.29 is 4.39 Å². The highest BCUT2D eigenvalue weighted by atomic mass is 19.1. The SMILES string of the molecule is N/C(=C\C=C(/N)NC1CCC(c2cccc(F)c2)C1)c1ccccc1. The molecule has 0 amide bonds. The third-order valence-corrected chi connectivity index (χ3v) is 4.67. The smallest absolute Gasteiger partial charge is 0.123 e. The van der Waals surface area contributed by atoms with Gasteiger partial charge in [0.25, 0.3) is 0 Å². The van der Waals surface area contributed by atoms with Gasteiger partial charge in [-0.25, -0.2) is 4.39 Å². The zero-order valence-electron chi connectivity index (χ0n) is 14.2. The predicted octanol–water partition coefficient (Wildman–Crippen LogP) is 3.85. The lowest BCUT2D eigenvalue weighted by atomic mass is 9.97. The molecule has 25 heavy (non-hydrogen) atoms. The minimum absolute atomic E-state index is 0.171. The molecule has 1 saturated carbocycles. The molecule has 130 valence electrons. The van der Waals surface area contributed by atoms with Crippen molar-refractivity contribution in [1.82, 2.24) is 5.32 Å². The van der Waals surface area contributed by atoms with Gasteiger partial charge in [0.05, 0.1) is 5.82 Å². The first kappa shape index (κ1) is 17.1. The van der Waals surface area contributed by atoms with Crippen molar-refractivity contribution in [2.24, 2.45) is 11.5 Å². The summed E-state index contributed by atoms with van der Waals surface area (Å²) in [4.78, 5) is 0. The first-order valence-corrected chi connectivity index (χ1v) is 8.62. The molecular weight excluding hydrogens is 313 g/mol. The molecular formula is C21H24FN3. The van der Waals surface area contributed by atoms with Gasteiger partial charge in [0.1, 0.15) is 5.82 Å². The number of rotatable bonds is 5. The van der Waals surface area contributed by atoms with Gasteiger partial charge in [-0.05, 0) is 60.6 Å². The lowest BCUT2D eigenvalue weighted by Gasteiger charge is -2.15. The maximum atomic E-state index is 13.4. The molecule has 1 aliphatic carbocycles. The quantitative estimate of drug-likeness (QED) is 0.726. The lowest BCUT2D eigenvalue weighted by molar-refractivity contribution is 0.568. The van der Waals surface area contributed by atoms with Gasteiger partial charge in [-0.3, -0.25) is 0 Å². The summed E-state index contributed by atoms with van der Waals surface area (Å²) >= 11 is 0. The fraction of sp³-hybridized carbons (Fsp3) is 0.238. The molecule has 0 heterocycles. The van der Waals surface area contributed by atoms with E-state index in [1.807, 2.05) is 42.5 Å². The molecule has 5 N–H and O–H groups in total. The third kappa shape index (κ3) is 4.63. The number of hydrogen-bond acceptors (Lipinski definition) is 3. The molecule has 2 atom stereocenters. The first-order valence-electron chi connectivity index (χ1n) is 8.62. The van der Waals surface area contributed by atoms with Crippen LogP contribution >= 0.6 is 0 Å². The van der Waals surface area contributed by atoms with Crippen molar-refractivity contribution in [3.05, 3.63) is 89.5 Å². The molecule has 2 aromatic rings. The molecule has 0 bridgehead atoms. The topological polar surface area (TPSA) is 64.1 Å². The Morgan fingerprint density at radius 2 is 1.80 bits per heavy atom. The van der Waals surface area contributed by atoms with Gasteiger partial charge in [0.15, 0.2) is 0 Å². The van der Waals surface area contributed by atoms with E-state index in [0.717, 1.165) is 30.4 Å². The Kier molecular flexibility index (Phi) is 5.39. The van der Waals surface area contributed by atoms with Crippen LogP contribution in [0.5, 0.6) is 0 Å². The normalized spacial score (nSPS) is 21.3. The second kappa shape index (κ2) is 7.88. The fourth-order valence-electron chi connectivity index (χ4n) is 3.37. The van der Waals surface area contributed by atoms with E-state index >= 15 is 0 Å². The average Bonchev–Trinajstić information content (AvgIpc) is 3.09. The molecule has 1 fully saturated rings. The summed E-state index contributed by atoms with van der Waals surface area (Å²) in [5.74, 6) is 0.810. The highest BCUT2D eigenvalue weighted by Crippen LogP contribution is 2.34.